The first-order valence-electron chi connectivity index (χ1n) is 23.6. The molecule has 4 aromatic rings. The van der Waals surface area contributed by atoms with E-state index < -0.39 is 13.7 Å². The predicted octanol–water partition coefficient (Wildman–Crippen LogP) is 11.8. The highest BCUT2D eigenvalue weighted by molar-refractivity contribution is 7.51. The van der Waals surface area contributed by atoms with Crippen LogP contribution in [0.15, 0.2) is 102 Å². The minimum absolute atomic E-state index is 0.0476. The second kappa shape index (κ2) is 25.1. The predicted molar refractivity (Wildman–Crippen MR) is 273 cm³/mol. The highest BCUT2D eigenvalue weighted by atomic mass is 35.5. The standard InChI is InChI=1S/C46H58N5O4P.C6H6ClN.C2H6/c1-32-9-6-12-40(29-32)43(36-21-26-50(27-22-36)41(20-24-47)35-10-7-11-35)45(54)48-31-56(5)55-28-23-46(3,4)49-44(53)37-16-14-34(15-17-37)38-18-19-42-39(30-38)13-8-25-51(42)33(2)52;7-5-1-3-6(8)4-2-5;1-2/h6,9,12,14-19,29-30,36,43H,7-8,10-11,13,20-23,25-28,31H2,1-5H3,(H,48,54)(H,49,53);1-4H,8H2;1-2H3. The molecule has 66 heavy (non-hydrogen) atoms. The first kappa shape index (κ1) is 51.8. The summed E-state index contributed by atoms with van der Waals surface area (Å²) in [5, 5.41) is 16.6. The van der Waals surface area contributed by atoms with E-state index in [2.05, 4.69) is 52.8 Å². The molecule has 3 aliphatic rings. The van der Waals surface area contributed by atoms with E-state index in [1.807, 2.05) is 81.7 Å². The number of nitrogen functional groups attached to an aromatic ring is 1. The van der Waals surface area contributed by atoms with Crippen molar-refractivity contribution < 1.29 is 18.9 Å². The summed E-state index contributed by atoms with van der Waals surface area (Å²) in [5.74, 6) is -0.0408. The molecule has 0 radical (unpaired) electrons. The van der Waals surface area contributed by atoms with Crippen molar-refractivity contribution >= 4 is 48.8 Å². The molecule has 7 rings (SSSR count). The summed E-state index contributed by atoms with van der Waals surface area (Å²) < 4.78 is 6.23. The average molecular weight is 934 g/mol. The fourth-order valence-corrected chi connectivity index (χ4v) is 9.80. The molecule has 352 valence electrons. The Morgan fingerprint density at radius 1 is 0.924 bits per heavy atom. The van der Waals surface area contributed by atoms with Crippen LogP contribution in [0.2, 0.25) is 5.02 Å². The largest absolute Gasteiger partial charge is 0.399 e. The lowest BCUT2D eigenvalue weighted by Crippen LogP contribution is -2.44. The molecule has 2 atom stereocenters. The van der Waals surface area contributed by atoms with E-state index in [9.17, 15) is 19.6 Å². The number of rotatable bonds is 14. The lowest BCUT2D eigenvalue weighted by molar-refractivity contribution is -0.124. The first-order chi connectivity index (χ1) is 31.7. The average Bonchev–Trinajstić information content (AvgIpc) is 3.29. The number of hydrogen-bond acceptors (Lipinski definition) is 7. The number of aryl methyl sites for hydroxylation is 2. The molecule has 4 aromatic carbocycles. The molecule has 2 heterocycles. The Kier molecular flexibility index (Phi) is 19.7. The monoisotopic (exact) mass is 932 g/mol. The van der Waals surface area contributed by atoms with Gasteiger partial charge in [0, 0.05) is 67.9 Å². The zero-order valence-corrected chi connectivity index (χ0v) is 41.7. The Labute approximate surface area is 400 Å². The van der Waals surface area contributed by atoms with Crippen molar-refractivity contribution in [1.82, 2.24) is 15.5 Å². The summed E-state index contributed by atoms with van der Waals surface area (Å²) in [6.45, 7) is 16.7. The molecule has 0 bridgehead atoms. The van der Waals surface area contributed by atoms with Gasteiger partial charge in [-0.2, -0.15) is 5.26 Å². The zero-order chi connectivity index (χ0) is 47.8. The molecule has 0 spiro atoms. The lowest BCUT2D eigenvalue weighted by atomic mass is 9.78. The highest BCUT2D eigenvalue weighted by Crippen LogP contribution is 2.39. The number of piperidine rings is 1. The second-order valence-electron chi connectivity index (χ2n) is 17.9. The van der Waals surface area contributed by atoms with Crippen molar-refractivity contribution in [3.63, 3.8) is 0 Å². The number of halogens is 1. The van der Waals surface area contributed by atoms with Crippen molar-refractivity contribution in [3.05, 3.63) is 130 Å². The molecule has 1 saturated carbocycles. The molecular formula is C54H70ClN6O4P. The van der Waals surface area contributed by atoms with Crippen LogP contribution in [0.1, 0.15) is 119 Å². The van der Waals surface area contributed by atoms with Crippen LogP contribution in [0, 0.1) is 24.2 Å². The number of nitrogens with one attached hydrogen (secondary N) is 2. The number of fused-ring (bicyclic) bond motifs is 1. The van der Waals surface area contributed by atoms with Crippen LogP contribution in [0.5, 0.6) is 0 Å². The maximum atomic E-state index is 13.9. The summed E-state index contributed by atoms with van der Waals surface area (Å²) in [7, 11) is -0.915. The van der Waals surface area contributed by atoms with E-state index >= 15 is 0 Å². The van der Waals surface area contributed by atoms with Gasteiger partial charge in [0.25, 0.3) is 5.91 Å². The first-order valence-corrected chi connectivity index (χ1v) is 25.8. The highest BCUT2D eigenvalue weighted by Gasteiger charge is 2.34. The normalized spacial score (nSPS) is 15.5. The minimum atomic E-state index is -0.915. The molecule has 0 aromatic heterocycles. The van der Waals surface area contributed by atoms with E-state index in [-0.39, 0.29) is 29.6 Å². The Balaban J connectivity index is 0.000000730. The second-order valence-corrected chi connectivity index (χ2v) is 20.2. The zero-order valence-electron chi connectivity index (χ0n) is 40.1. The molecule has 1 aliphatic carbocycles. The van der Waals surface area contributed by atoms with Crippen LogP contribution in [0.25, 0.3) is 11.1 Å². The summed E-state index contributed by atoms with van der Waals surface area (Å²) >= 11 is 5.56. The maximum Gasteiger partial charge on any atom is 0.251 e. The number of anilines is 2. The summed E-state index contributed by atoms with van der Waals surface area (Å²) in [4.78, 5) is 43.6. The fraction of sp³-hybridized carbons (Fsp3) is 0.444. The Bertz CT molecular complexity index is 2290. The van der Waals surface area contributed by atoms with E-state index in [0.29, 0.717) is 31.3 Å². The molecular weight excluding hydrogens is 863 g/mol. The van der Waals surface area contributed by atoms with Gasteiger partial charge in [-0.1, -0.05) is 73.5 Å². The number of nitrogens with two attached hydrogens (primary N) is 1. The van der Waals surface area contributed by atoms with Gasteiger partial charge in [0.2, 0.25) is 11.8 Å². The third-order valence-corrected chi connectivity index (χ3v) is 14.1. The lowest BCUT2D eigenvalue weighted by Gasteiger charge is -2.39. The smallest absolute Gasteiger partial charge is 0.251 e. The van der Waals surface area contributed by atoms with Gasteiger partial charge in [0.15, 0.2) is 0 Å². The Morgan fingerprint density at radius 3 is 2.21 bits per heavy atom. The van der Waals surface area contributed by atoms with Gasteiger partial charge in [-0.05, 0) is 161 Å². The van der Waals surface area contributed by atoms with Crippen LogP contribution in [-0.4, -0.2) is 67.4 Å². The summed E-state index contributed by atoms with van der Waals surface area (Å²) in [6, 6.07) is 31.7. The van der Waals surface area contributed by atoms with E-state index in [4.69, 9.17) is 21.9 Å². The SMILES string of the molecule is CC.CC(=O)N1CCCc2cc(-c3ccc(C(=O)NC(C)(C)CCOP(C)CNC(=O)C(c4cccc(C)c4)C4CCN(C(CC#N)=C5CCC5)CC4)cc3)ccc21.Nc1ccc(Cl)cc1. The Morgan fingerprint density at radius 2 is 1.61 bits per heavy atom. The van der Waals surface area contributed by atoms with Crippen molar-refractivity contribution in [1.29, 1.82) is 5.26 Å². The van der Waals surface area contributed by atoms with Gasteiger partial charge in [0.05, 0.1) is 31.3 Å². The summed E-state index contributed by atoms with van der Waals surface area (Å²) in [6.07, 6.45) is 8.71. The molecule has 10 nitrogen and oxygen atoms in total. The van der Waals surface area contributed by atoms with Gasteiger partial charge >= 0.3 is 0 Å². The minimum Gasteiger partial charge on any atom is -0.399 e. The Hall–Kier alpha value is -5.20. The number of hydrogen-bond donors (Lipinski definition) is 3. The number of nitriles is 1. The van der Waals surface area contributed by atoms with Gasteiger partial charge < -0.3 is 30.7 Å². The van der Waals surface area contributed by atoms with E-state index in [1.165, 1.54) is 23.3 Å². The van der Waals surface area contributed by atoms with Gasteiger partial charge in [-0.3, -0.25) is 14.4 Å². The number of carbonyl (C=O) groups is 3. The summed E-state index contributed by atoms with van der Waals surface area (Å²) in [5.41, 5.74) is 15.4. The van der Waals surface area contributed by atoms with Crippen molar-refractivity contribution in [2.24, 2.45) is 5.92 Å². The van der Waals surface area contributed by atoms with Crippen LogP contribution in [0.4, 0.5) is 11.4 Å². The fourth-order valence-electron chi connectivity index (χ4n) is 8.81. The molecule has 1 saturated heterocycles. The molecule has 2 fully saturated rings. The number of allylic oxidation sites excluding steroid dienone is 2. The van der Waals surface area contributed by atoms with Crippen LogP contribution in [0.3, 0.4) is 0 Å². The third kappa shape index (κ3) is 14.6. The molecule has 2 aliphatic heterocycles. The number of nitrogens with zero attached hydrogens (tertiary/aromatic N) is 3. The van der Waals surface area contributed by atoms with Crippen LogP contribution >= 0.6 is 19.7 Å². The number of benzene rings is 4. The molecule has 2 unspecified atom stereocenters. The maximum absolute atomic E-state index is 13.9. The molecule has 12 heteroatoms. The molecule has 4 N–H and O–H groups in total. The van der Waals surface area contributed by atoms with Gasteiger partial charge in [-0.25, -0.2) is 0 Å². The van der Waals surface area contributed by atoms with Crippen molar-refractivity contribution in [2.75, 3.05) is 49.8 Å². The topological polar surface area (TPSA) is 141 Å². The van der Waals surface area contributed by atoms with E-state index in [1.54, 1.807) is 31.2 Å². The number of amides is 3. The van der Waals surface area contributed by atoms with Gasteiger partial charge in [0.1, 0.15) is 0 Å². The van der Waals surface area contributed by atoms with E-state index in [0.717, 1.165) is 96.8 Å². The number of likely N-dealkylation sites (tertiary alicyclic amines) is 1. The van der Waals surface area contributed by atoms with Crippen LogP contribution < -0.4 is 21.3 Å². The third-order valence-electron chi connectivity index (χ3n) is 12.6. The number of carbonyl (C=O) groups excluding carboxylic acids is 3. The quantitative estimate of drug-likeness (QED) is 0.0844. The van der Waals surface area contributed by atoms with Gasteiger partial charge in [-0.15, -0.1) is 0 Å². The molecule has 3 amide bonds. The van der Waals surface area contributed by atoms with Crippen molar-refractivity contribution in [2.45, 2.75) is 111 Å². The van der Waals surface area contributed by atoms with Crippen LogP contribution in [-0.2, 0) is 20.5 Å². The van der Waals surface area contributed by atoms with Crippen molar-refractivity contribution in [3.8, 4) is 17.2 Å².